The first-order chi connectivity index (χ1) is 14.6. The van der Waals surface area contributed by atoms with Crippen LogP contribution in [0.5, 0.6) is 5.75 Å². The Kier molecular flexibility index (Phi) is 3.95. The number of aromatic nitrogens is 1. The second-order valence-electron chi connectivity index (χ2n) is 7.71. The van der Waals surface area contributed by atoms with Crippen LogP contribution in [-0.4, -0.2) is 12.3 Å². The van der Waals surface area contributed by atoms with Gasteiger partial charge >= 0.3 is 5.13 Å². The summed E-state index contributed by atoms with van der Waals surface area (Å²) in [5.74, 6) is 0.867. The zero-order valence-corrected chi connectivity index (χ0v) is 18.6. The van der Waals surface area contributed by atoms with E-state index in [4.69, 9.17) is 9.73 Å². The average molecular weight is 431 g/mol. The van der Waals surface area contributed by atoms with Crippen LogP contribution in [0.25, 0.3) is 10.2 Å². The predicted octanol–water partition coefficient (Wildman–Crippen LogP) is 5.97. The highest BCUT2D eigenvalue weighted by molar-refractivity contribution is 8.14. The van der Waals surface area contributed by atoms with Gasteiger partial charge in [0.05, 0.1) is 17.5 Å². The average Bonchev–Trinajstić information content (AvgIpc) is 3.28. The normalized spacial score (nSPS) is 16.8. The summed E-state index contributed by atoms with van der Waals surface area (Å²) in [5.41, 5.74) is 6.19. The summed E-state index contributed by atoms with van der Waals surface area (Å²) >= 11 is 3.52. The number of methoxy groups -OCH3 is 1. The van der Waals surface area contributed by atoms with Crippen LogP contribution in [0, 0.1) is 13.8 Å². The van der Waals surface area contributed by atoms with E-state index in [1.807, 2.05) is 12.1 Å². The van der Waals surface area contributed by atoms with Crippen LogP contribution in [0.3, 0.4) is 0 Å². The van der Waals surface area contributed by atoms with Gasteiger partial charge in [-0.2, -0.15) is 4.57 Å². The summed E-state index contributed by atoms with van der Waals surface area (Å²) in [5, 5.41) is 2.08. The van der Waals surface area contributed by atoms with Crippen molar-refractivity contribution in [3.8, 4) is 5.75 Å². The van der Waals surface area contributed by atoms with E-state index in [0.29, 0.717) is 0 Å². The molecule has 6 heteroatoms. The minimum Gasteiger partial charge on any atom is -0.497 e. The SMILES string of the molecule is COc1ccc(C2N3C(=Nc4sc5cc(C)ccc5[n+]42)Sc2cc(C)ccc23)cc1. The maximum atomic E-state index is 5.40. The Balaban J connectivity index is 1.62. The quantitative estimate of drug-likeness (QED) is 0.367. The number of rotatable bonds is 2. The van der Waals surface area contributed by atoms with Crippen LogP contribution in [0.2, 0.25) is 0 Å². The summed E-state index contributed by atoms with van der Waals surface area (Å²) in [6.45, 7) is 4.28. The van der Waals surface area contributed by atoms with Gasteiger partial charge in [0, 0.05) is 10.5 Å². The van der Waals surface area contributed by atoms with Gasteiger partial charge < -0.3 is 4.74 Å². The summed E-state index contributed by atoms with van der Waals surface area (Å²) < 4.78 is 9.05. The lowest BCUT2D eigenvalue weighted by Gasteiger charge is -2.28. The number of ether oxygens (including phenoxy) is 1. The second-order valence-corrected chi connectivity index (χ2v) is 9.73. The minimum absolute atomic E-state index is 0.00585. The van der Waals surface area contributed by atoms with Crippen molar-refractivity contribution >= 4 is 49.3 Å². The number of fused-ring (bicyclic) bond motifs is 6. The van der Waals surface area contributed by atoms with E-state index < -0.39 is 0 Å². The number of hydrogen-bond acceptors (Lipinski definition) is 5. The maximum Gasteiger partial charge on any atom is 0.388 e. The van der Waals surface area contributed by atoms with Crippen molar-refractivity contribution in [2.75, 3.05) is 12.0 Å². The fraction of sp³-hybridized carbons (Fsp3) is 0.167. The molecule has 4 aromatic rings. The van der Waals surface area contributed by atoms with Crippen LogP contribution < -0.4 is 14.2 Å². The van der Waals surface area contributed by atoms with E-state index in [2.05, 4.69) is 71.8 Å². The number of thioether (sulfide) groups is 1. The maximum absolute atomic E-state index is 5.40. The van der Waals surface area contributed by atoms with E-state index >= 15 is 0 Å². The molecular formula is C24H20N3OS2+. The van der Waals surface area contributed by atoms with Crippen LogP contribution in [0.1, 0.15) is 22.9 Å². The molecule has 0 spiro atoms. The smallest absolute Gasteiger partial charge is 0.388 e. The summed E-state index contributed by atoms with van der Waals surface area (Å²) in [7, 11) is 1.71. The van der Waals surface area contributed by atoms with Crippen molar-refractivity contribution in [2.45, 2.75) is 24.9 Å². The molecular weight excluding hydrogens is 410 g/mol. The Bertz CT molecular complexity index is 1340. The van der Waals surface area contributed by atoms with Gasteiger partial charge in [0.25, 0.3) is 5.17 Å². The molecule has 0 N–H and O–H groups in total. The number of anilines is 1. The molecule has 0 fully saturated rings. The molecule has 0 bridgehead atoms. The molecule has 0 radical (unpaired) electrons. The van der Waals surface area contributed by atoms with Crippen LogP contribution >= 0.6 is 23.1 Å². The van der Waals surface area contributed by atoms with Gasteiger partial charge in [-0.1, -0.05) is 12.1 Å². The lowest BCUT2D eigenvalue weighted by atomic mass is 10.1. The van der Waals surface area contributed by atoms with Gasteiger partial charge in [0.15, 0.2) is 0 Å². The molecule has 0 aliphatic carbocycles. The fourth-order valence-corrected chi connectivity index (χ4v) is 6.54. The number of hydrogen-bond donors (Lipinski definition) is 0. The van der Waals surface area contributed by atoms with E-state index in [0.717, 1.165) is 16.0 Å². The third kappa shape index (κ3) is 2.60. The number of thiazole rings is 1. The first-order valence-corrected chi connectivity index (χ1v) is 11.5. The molecule has 0 saturated carbocycles. The number of nitrogens with zero attached hydrogens (tertiary/aromatic N) is 3. The van der Waals surface area contributed by atoms with Gasteiger partial charge in [-0.15, -0.1) is 0 Å². The Morgan fingerprint density at radius 1 is 0.967 bits per heavy atom. The van der Waals surface area contributed by atoms with Gasteiger partial charge in [0.1, 0.15) is 11.3 Å². The molecule has 4 nitrogen and oxygen atoms in total. The number of benzene rings is 3. The molecule has 1 unspecified atom stereocenters. The van der Waals surface area contributed by atoms with Crippen molar-refractivity contribution in [3.63, 3.8) is 0 Å². The number of aryl methyl sites for hydroxylation is 2. The molecule has 0 amide bonds. The monoisotopic (exact) mass is 430 g/mol. The van der Waals surface area contributed by atoms with Crippen molar-refractivity contribution in [1.82, 2.24) is 0 Å². The van der Waals surface area contributed by atoms with Crippen molar-refractivity contribution < 1.29 is 9.30 Å². The molecule has 3 aromatic carbocycles. The number of aliphatic imine (C=N–C) groups is 1. The standard InChI is InChI=1S/C24H20N3OS2/c1-14-4-10-18-20(12-14)29-23-25-24-27(19-11-5-15(2)13-21(19)30-24)22(26(18)23)16-6-8-17(28-3)9-7-16/h4-13,22H,1-3H3/q+1. The molecule has 6 rings (SSSR count). The highest BCUT2D eigenvalue weighted by atomic mass is 32.2. The minimum atomic E-state index is 0.00585. The predicted molar refractivity (Wildman–Crippen MR) is 125 cm³/mol. The molecule has 2 aliphatic heterocycles. The van der Waals surface area contributed by atoms with E-state index in [1.165, 1.54) is 37.5 Å². The van der Waals surface area contributed by atoms with Gasteiger partial charge in [0.2, 0.25) is 6.17 Å². The molecule has 2 aliphatic rings. The first-order valence-electron chi connectivity index (χ1n) is 9.87. The second kappa shape index (κ2) is 6.59. The molecule has 148 valence electrons. The molecule has 1 aromatic heterocycles. The van der Waals surface area contributed by atoms with E-state index in [1.54, 1.807) is 30.2 Å². The molecule has 3 heterocycles. The van der Waals surface area contributed by atoms with Crippen LogP contribution in [0.4, 0.5) is 10.8 Å². The molecule has 30 heavy (non-hydrogen) atoms. The zero-order chi connectivity index (χ0) is 20.4. The van der Waals surface area contributed by atoms with Gasteiger partial charge in [-0.25, -0.2) is 0 Å². The molecule has 0 saturated heterocycles. The van der Waals surface area contributed by atoms with Gasteiger partial charge in [-0.05, 0) is 102 Å². The Labute approximate surface area is 183 Å². The Hall–Kier alpha value is -2.83. The highest BCUT2D eigenvalue weighted by Crippen LogP contribution is 2.48. The lowest BCUT2D eigenvalue weighted by Crippen LogP contribution is -2.53. The van der Waals surface area contributed by atoms with E-state index in [9.17, 15) is 0 Å². The van der Waals surface area contributed by atoms with E-state index in [-0.39, 0.29) is 6.17 Å². The third-order valence-corrected chi connectivity index (χ3v) is 7.69. The summed E-state index contributed by atoms with van der Waals surface area (Å²) in [4.78, 5) is 8.73. The third-order valence-electron chi connectivity index (χ3n) is 5.66. The van der Waals surface area contributed by atoms with Crippen molar-refractivity contribution in [3.05, 3.63) is 77.4 Å². The topological polar surface area (TPSA) is 28.7 Å². The molecule has 1 atom stereocenters. The number of amidine groups is 1. The Morgan fingerprint density at radius 3 is 2.53 bits per heavy atom. The largest absolute Gasteiger partial charge is 0.497 e. The summed E-state index contributed by atoms with van der Waals surface area (Å²) in [6.07, 6.45) is 0.00585. The lowest BCUT2D eigenvalue weighted by molar-refractivity contribution is -0.671. The van der Waals surface area contributed by atoms with Crippen molar-refractivity contribution in [1.29, 1.82) is 0 Å². The highest BCUT2D eigenvalue weighted by Gasteiger charge is 2.46. The fourth-order valence-electron chi connectivity index (χ4n) is 4.20. The van der Waals surface area contributed by atoms with Gasteiger partial charge in [-0.3, -0.25) is 4.90 Å². The Morgan fingerprint density at radius 2 is 1.73 bits per heavy atom. The first kappa shape index (κ1) is 18.0. The zero-order valence-electron chi connectivity index (χ0n) is 16.9. The summed E-state index contributed by atoms with van der Waals surface area (Å²) in [6, 6.07) is 21.7. The van der Waals surface area contributed by atoms with Crippen LogP contribution in [-0.2, 0) is 0 Å². The van der Waals surface area contributed by atoms with Crippen LogP contribution in [0.15, 0.2) is 70.6 Å². The van der Waals surface area contributed by atoms with Crippen molar-refractivity contribution in [2.24, 2.45) is 4.99 Å².